The number of amides is 1. The third kappa shape index (κ3) is 4.45. The summed E-state index contributed by atoms with van der Waals surface area (Å²) in [5.74, 6) is 0.911. The molecule has 27 heavy (non-hydrogen) atoms. The number of hydrogen-bond donors (Lipinski definition) is 1. The van der Waals surface area contributed by atoms with E-state index in [1.54, 1.807) is 7.05 Å². The second-order valence-corrected chi connectivity index (χ2v) is 7.25. The van der Waals surface area contributed by atoms with E-state index in [0.717, 1.165) is 44.2 Å². The van der Waals surface area contributed by atoms with E-state index in [1.165, 1.54) is 5.69 Å². The molecule has 1 aromatic heterocycles. The molecule has 1 aliphatic rings. The van der Waals surface area contributed by atoms with Crippen LogP contribution in [0.3, 0.4) is 0 Å². The molecular weight excluding hydrogens is 340 g/mol. The summed E-state index contributed by atoms with van der Waals surface area (Å²) in [5, 5.41) is 2.69. The van der Waals surface area contributed by atoms with Crippen molar-refractivity contribution in [1.82, 2.24) is 14.8 Å². The van der Waals surface area contributed by atoms with Crippen LogP contribution in [0.1, 0.15) is 30.0 Å². The minimum absolute atomic E-state index is 0.0460. The van der Waals surface area contributed by atoms with Crippen molar-refractivity contribution >= 4 is 11.6 Å². The van der Waals surface area contributed by atoms with Crippen molar-refractivity contribution in [2.75, 3.05) is 38.1 Å². The molecule has 0 spiro atoms. The number of nitrogens with zero attached hydrogens (tertiary/aromatic N) is 3. The van der Waals surface area contributed by atoms with Crippen molar-refractivity contribution in [1.29, 1.82) is 0 Å². The van der Waals surface area contributed by atoms with E-state index in [2.05, 4.69) is 41.1 Å². The molecule has 0 atom stereocenters. The Morgan fingerprint density at radius 2 is 1.81 bits per heavy atom. The molecule has 0 radical (unpaired) electrons. The number of piperazine rings is 1. The lowest BCUT2D eigenvalue weighted by molar-refractivity contribution is 0.0954. The van der Waals surface area contributed by atoms with E-state index in [-0.39, 0.29) is 12.0 Å². The number of anilines is 1. The first-order valence-corrected chi connectivity index (χ1v) is 9.59. The Hall–Kier alpha value is -2.47. The van der Waals surface area contributed by atoms with Crippen molar-refractivity contribution in [2.45, 2.75) is 26.5 Å². The van der Waals surface area contributed by atoms with Gasteiger partial charge in [0.15, 0.2) is 0 Å². The predicted octanol–water partition coefficient (Wildman–Crippen LogP) is 2.49. The van der Waals surface area contributed by atoms with Crippen LogP contribution in [0, 0.1) is 0 Å². The monoisotopic (exact) mass is 370 g/mol. The number of nitrogens with one attached hydrogen (secondary N) is 1. The van der Waals surface area contributed by atoms with Gasteiger partial charge in [-0.3, -0.25) is 9.69 Å². The van der Waals surface area contributed by atoms with Crippen LogP contribution in [0.5, 0.6) is 5.75 Å². The Bertz CT molecular complexity index is 776. The Labute approximate surface area is 161 Å². The van der Waals surface area contributed by atoms with Crippen molar-refractivity contribution in [3.05, 3.63) is 47.8 Å². The minimum atomic E-state index is -0.0460. The first-order chi connectivity index (χ1) is 13.0. The van der Waals surface area contributed by atoms with Crippen LogP contribution in [-0.4, -0.2) is 54.7 Å². The van der Waals surface area contributed by atoms with E-state index >= 15 is 0 Å². The van der Waals surface area contributed by atoms with Gasteiger partial charge >= 0.3 is 0 Å². The van der Waals surface area contributed by atoms with Crippen LogP contribution < -0.4 is 15.0 Å². The van der Waals surface area contributed by atoms with Crippen LogP contribution in [0.25, 0.3) is 0 Å². The lowest BCUT2D eigenvalue weighted by Crippen LogP contribution is -2.46. The van der Waals surface area contributed by atoms with E-state index in [9.17, 15) is 4.79 Å². The van der Waals surface area contributed by atoms with Gasteiger partial charge in [0.25, 0.3) is 5.91 Å². The van der Waals surface area contributed by atoms with Crippen LogP contribution in [0.4, 0.5) is 5.69 Å². The number of ether oxygens (including phenoxy) is 1. The summed E-state index contributed by atoms with van der Waals surface area (Å²) < 4.78 is 7.96. The van der Waals surface area contributed by atoms with Crippen LogP contribution in [0.2, 0.25) is 0 Å². The number of benzene rings is 1. The van der Waals surface area contributed by atoms with Crippen LogP contribution in [-0.2, 0) is 13.6 Å². The molecule has 0 bridgehead atoms. The molecule has 0 unspecified atom stereocenters. The Morgan fingerprint density at radius 3 is 2.48 bits per heavy atom. The average Bonchev–Trinajstić information content (AvgIpc) is 3.02. The number of carbonyl (C=O) groups excluding carboxylic acids is 1. The summed E-state index contributed by atoms with van der Waals surface area (Å²) in [6, 6.07) is 12.2. The molecule has 146 valence electrons. The smallest absolute Gasteiger partial charge is 0.267 e. The van der Waals surface area contributed by atoms with E-state index in [4.69, 9.17) is 4.74 Å². The van der Waals surface area contributed by atoms with Gasteiger partial charge in [0, 0.05) is 52.5 Å². The van der Waals surface area contributed by atoms with Gasteiger partial charge in [-0.2, -0.15) is 0 Å². The predicted molar refractivity (Wildman–Crippen MR) is 108 cm³/mol. The highest BCUT2D eigenvalue weighted by Crippen LogP contribution is 2.29. The molecule has 2 heterocycles. The zero-order chi connectivity index (χ0) is 19.4. The normalized spacial score (nSPS) is 15.2. The Morgan fingerprint density at radius 1 is 1.11 bits per heavy atom. The molecule has 6 heteroatoms. The molecule has 1 aromatic carbocycles. The molecule has 2 aromatic rings. The van der Waals surface area contributed by atoms with Crippen LogP contribution in [0.15, 0.2) is 36.4 Å². The van der Waals surface area contributed by atoms with Gasteiger partial charge in [-0.1, -0.05) is 12.1 Å². The van der Waals surface area contributed by atoms with Gasteiger partial charge in [0.05, 0.1) is 11.8 Å². The SMILES string of the molecule is CNC(=O)c1ccc(CN2CCN(c3ccccc3OC(C)C)CC2)n1C. The summed E-state index contributed by atoms with van der Waals surface area (Å²) in [5.41, 5.74) is 3.03. The molecular formula is C21H30N4O2. The molecule has 1 amide bonds. The fourth-order valence-electron chi connectivity index (χ4n) is 3.52. The molecule has 1 saturated heterocycles. The first kappa shape index (κ1) is 19.3. The van der Waals surface area contributed by atoms with Crippen LogP contribution >= 0.6 is 0 Å². The molecule has 0 aliphatic carbocycles. The third-order valence-electron chi connectivity index (χ3n) is 5.01. The Kier molecular flexibility index (Phi) is 6.06. The molecule has 1 N–H and O–H groups in total. The number of carbonyl (C=O) groups is 1. The van der Waals surface area contributed by atoms with Crippen molar-refractivity contribution in [3.8, 4) is 5.75 Å². The first-order valence-electron chi connectivity index (χ1n) is 9.59. The highest BCUT2D eigenvalue weighted by atomic mass is 16.5. The topological polar surface area (TPSA) is 49.7 Å². The number of para-hydroxylation sites is 2. The molecule has 1 fully saturated rings. The lowest BCUT2D eigenvalue weighted by Gasteiger charge is -2.37. The molecule has 6 nitrogen and oxygen atoms in total. The molecule has 0 saturated carbocycles. The van der Waals surface area contributed by atoms with Crippen molar-refractivity contribution < 1.29 is 9.53 Å². The minimum Gasteiger partial charge on any atom is -0.489 e. The van der Waals surface area contributed by atoms with Crippen molar-refractivity contribution in [2.24, 2.45) is 7.05 Å². The van der Waals surface area contributed by atoms with Gasteiger partial charge in [-0.25, -0.2) is 0 Å². The maximum atomic E-state index is 11.9. The zero-order valence-corrected chi connectivity index (χ0v) is 16.7. The van der Waals surface area contributed by atoms with E-state index < -0.39 is 0 Å². The van der Waals surface area contributed by atoms with Gasteiger partial charge in [-0.15, -0.1) is 0 Å². The Balaban J connectivity index is 1.62. The number of hydrogen-bond acceptors (Lipinski definition) is 4. The second-order valence-electron chi connectivity index (χ2n) is 7.25. The maximum Gasteiger partial charge on any atom is 0.267 e. The summed E-state index contributed by atoms with van der Waals surface area (Å²) >= 11 is 0. The highest BCUT2D eigenvalue weighted by Gasteiger charge is 2.21. The average molecular weight is 370 g/mol. The second kappa shape index (κ2) is 8.48. The molecule has 3 rings (SSSR count). The summed E-state index contributed by atoms with van der Waals surface area (Å²) in [4.78, 5) is 16.7. The maximum absolute atomic E-state index is 11.9. The fraction of sp³-hybridized carbons (Fsp3) is 0.476. The van der Waals surface area contributed by atoms with Gasteiger partial charge < -0.3 is 19.5 Å². The van der Waals surface area contributed by atoms with Gasteiger partial charge in [0.2, 0.25) is 0 Å². The van der Waals surface area contributed by atoms with Gasteiger partial charge in [0.1, 0.15) is 11.4 Å². The zero-order valence-electron chi connectivity index (χ0n) is 16.7. The largest absolute Gasteiger partial charge is 0.489 e. The summed E-state index contributed by atoms with van der Waals surface area (Å²) in [6.45, 7) is 8.86. The van der Waals surface area contributed by atoms with Crippen molar-refractivity contribution in [3.63, 3.8) is 0 Å². The van der Waals surface area contributed by atoms with Gasteiger partial charge in [-0.05, 0) is 38.1 Å². The summed E-state index contributed by atoms with van der Waals surface area (Å²) in [7, 11) is 3.62. The van der Waals surface area contributed by atoms with E-state index in [0.29, 0.717) is 5.69 Å². The standard InChI is InChI=1S/C21H30N4O2/c1-16(2)27-20-8-6-5-7-18(20)25-13-11-24(12-14-25)15-17-9-10-19(23(17)4)21(26)22-3/h5-10,16H,11-15H2,1-4H3,(H,22,26). The number of rotatable bonds is 6. The quantitative estimate of drug-likeness (QED) is 0.849. The van der Waals surface area contributed by atoms with E-state index in [1.807, 2.05) is 35.9 Å². The fourth-order valence-corrected chi connectivity index (χ4v) is 3.52. The number of aromatic nitrogens is 1. The highest BCUT2D eigenvalue weighted by molar-refractivity contribution is 5.92. The third-order valence-corrected chi connectivity index (χ3v) is 5.01. The summed E-state index contributed by atoms with van der Waals surface area (Å²) in [6.07, 6.45) is 0.166. The lowest BCUT2D eigenvalue weighted by atomic mass is 10.2. The molecule has 1 aliphatic heterocycles.